The van der Waals surface area contributed by atoms with E-state index in [1.54, 1.807) is 32.6 Å². The van der Waals surface area contributed by atoms with Gasteiger partial charge in [-0.3, -0.25) is 4.98 Å². The second kappa shape index (κ2) is 18.1. The summed E-state index contributed by atoms with van der Waals surface area (Å²) in [6.07, 6.45) is 1.82. The highest BCUT2D eigenvalue weighted by Gasteiger charge is 2.53. The Balaban J connectivity index is 1.73. The highest BCUT2D eigenvalue weighted by molar-refractivity contribution is 7.09. The van der Waals surface area contributed by atoms with Gasteiger partial charge in [0.15, 0.2) is 0 Å². The van der Waals surface area contributed by atoms with Gasteiger partial charge in [0.25, 0.3) is 0 Å². The fourth-order valence-electron chi connectivity index (χ4n) is 6.17. The molecular formula is C37H48N6O5S2. The number of carbonyl (C=O) groups is 3. The van der Waals surface area contributed by atoms with Crippen molar-refractivity contribution < 1.29 is 24.2 Å². The van der Waals surface area contributed by atoms with Crippen LogP contribution in [0.2, 0.25) is 0 Å². The monoisotopic (exact) mass is 720 g/mol. The third kappa shape index (κ3) is 10.3. The SMILES string of the molecule is CC(C)c1nc(CN(C)C(=O)N[C@@](C(=O)O)(C(C)C)[C@@H](C[C@H](N)Cc2ccccc2)[C@H](Cc2ccccc2)NC(=O)OCc2cncs2)cs1. The highest BCUT2D eigenvalue weighted by atomic mass is 32.1. The number of ether oxygens (including phenoxy) is 1. The van der Waals surface area contributed by atoms with E-state index < -0.39 is 47.6 Å². The van der Waals surface area contributed by atoms with Crippen LogP contribution in [-0.4, -0.2) is 62.7 Å². The molecule has 0 saturated carbocycles. The van der Waals surface area contributed by atoms with E-state index in [9.17, 15) is 19.5 Å². The van der Waals surface area contributed by atoms with Crippen LogP contribution >= 0.6 is 22.7 Å². The topological polar surface area (TPSA) is 160 Å². The zero-order valence-electron chi connectivity index (χ0n) is 29.2. The Kier molecular flexibility index (Phi) is 13.9. The number of rotatable bonds is 17. The van der Waals surface area contributed by atoms with Crippen molar-refractivity contribution in [2.24, 2.45) is 17.6 Å². The summed E-state index contributed by atoms with van der Waals surface area (Å²) >= 11 is 2.89. The van der Waals surface area contributed by atoms with Crippen molar-refractivity contribution >= 4 is 40.8 Å². The van der Waals surface area contributed by atoms with Crippen molar-refractivity contribution in [3.05, 3.63) is 104 Å². The van der Waals surface area contributed by atoms with Crippen molar-refractivity contribution in [1.29, 1.82) is 0 Å². The van der Waals surface area contributed by atoms with Crippen molar-refractivity contribution in [3.8, 4) is 0 Å². The van der Waals surface area contributed by atoms with Gasteiger partial charge in [0.2, 0.25) is 0 Å². The molecule has 0 saturated heterocycles. The number of thiazole rings is 2. The smallest absolute Gasteiger partial charge is 0.407 e. The quantitative estimate of drug-likeness (QED) is 0.0968. The predicted molar refractivity (Wildman–Crippen MR) is 197 cm³/mol. The summed E-state index contributed by atoms with van der Waals surface area (Å²) in [5.41, 5.74) is 9.22. The van der Waals surface area contributed by atoms with Crippen LogP contribution in [0.3, 0.4) is 0 Å². The molecule has 0 unspecified atom stereocenters. The number of aliphatic carboxylic acids is 1. The van der Waals surface area contributed by atoms with E-state index in [0.717, 1.165) is 26.7 Å². The van der Waals surface area contributed by atoms with Gasteiger partial charge < -0.3 is 31.1 Å². The van der Waals surface area contributed by atoms with Crippen LogP contribution < -0.4 is 16.4 Å². The molecule has 4 rings (SSSR count). The minimum absolute atomic E-state index is 0.0116. The number of nitrogens with zero attached hydrogens (tertiary/aromatic N) is 3. The number of carboxylic acids is 1. The first-order valence-corrected chi connectivity index (χ1v) is 18.5. The molecule has 4 atom stereocenters. The molecule has 50 heavy (non-hydrogen) atoms. The normalized spacial score (nSPS) is 14.4. The molecule has 13 heteroatoms. The highest BCUT2D eigenvalue weighted by Crippen LogP contribution is 2.35. The maximum absolute atomic E-state index is 14.0. The Labute approximate surface area is 302 Å². The number of hydrogen-bond donors (Lipinski definition) is 4. The number of carboxylic acid groups (broad SMARTS) is 1. The zero-order valence-corrected chi connectivity index (χ0v) is 30.9. The number of carbonyl (C=O) groups excluding carboxylic acids is 2. The zero-order chi connectivity index (χ0) is 36.3. The second-order valence-corrected chi connectivity index (χ2v) is 15.1. The molecule has 11 nitrogen and oxygen atoms in total. The Morgan fingerprint density at radius 1 is 0.980 bits per heavy atom. The molecule has 0 aliphatic heterocycles. The summed E-state index contributed by atoms with van der Waals surface area (Å²) < 4.78 is 5.58. The van der Waals surface area contributed by atoms with Gasteiger partial charge in [-0.15, -0.1) is 22.7 Å². The summed E-state index contributed by atoms with van der Waals surface area (Å²) in [5, 5.41) is 20.0. The maximum Gasteiger partial charge on any atom is 0.407 e. The molecule has 0 radical (unpaired) electrons. The van der Waals surface area contributed by atoms with E-state index in [0.29, 0.717) is 6.42 Å². The average molecular weight is 721 g/mol. The van der Waals surface area contributed by atoms with Crippen LogP contribution in [0.5, 0.6) is 0 Å². The van der Waals surface area contributed by atoms with Crippen molar-refractivity contribution in [2.45, 2.75) is 83.6 Å². The molecule has 268 valence electrons. The lowest BCUT2D eigenvalue weighted by Gasteiger charge is -2.46. The lowest BCUT2D eigenvalue weighted by Crippen LogP contribution is -2.69. The Hall–Kier alpha value is -4.33. The number of alkyl carbamates (subject to hydrolysis) is 1. The first-order valence-electron chi connectivity index (χ1n) is 16.7. The molecule has 0 aliphatic carbocycles. The average Bonchev–Trinajstić information content (AvgIpc) is 3.78. The Morgan fingerprint density at radius 2 is 1.62 bits per heavy atom. The summed E-state index contributed by atoms with van der Waals surface area (Å²) in [7, 11) is 1.61. The maximum atomic E-state index is 14.0. The van der Waals surface area contributed by atoms with Gasteiger partial charge in [0, 0.05) is 42.5 Å². The van der Waals surface area contributed by atoms with Crippen LogP contribution in [0.1, 0.15) is 66.7 Å². The summed E-state index contributed by atoms with van der Waals surface area (Å²) in [4.78, 5) is 52.1. The summed E-state index contributed by atoms with van der Waals surface area (Å²) in [5.74, 6) is -2.47. The van der Waals surface area contributed by atoms with Crippen molar-refractivity contribution in [3.63, 3.8) is 0 Å². The molecule has 2 aromatic heterocycles. The van der Waals surface area contributed by atoms with Gasteiger partial charge in [-0.1, -0.05) is 88.4 Å². The molecule has 2 aromatic carbocycles. The standard InChI is InChI=1S/C37H48N6O5S2/c1-24(2)33-40-29(22-49-33)20-43(5)35(46)42-37(25(3)4,34(44)45)31(18-28(38)16-26-12-8-6-9-13-26)32(17-27-14-10-7-11-15-27)41-36(47)48-21-30-19-39-23-50-30/h6-15,19,22-25,28,31-32H,16-18,20-21,38H2,1-5H3,(H,41,47)(H,42,46)(H,44,45)/t28-,31+,32+,37+/m1/s1. The van der Waals surface area contributed by atoms with Crippen LogP contribution in [0.4, 0.5) is 9.59 Å². The number of amides is 3. The van der Waals surface area contributed by atoms with Crippen LogP contribution in [-0.2, 0) is 35.5 Å². The molecule has 4 aromatic rings. The summed E-state index contributed by atoms with van der Waals surface area (Å²) in [6.45, 7) is 7.85. The minimum atomic E-state index is -1.85. The molecule has 3 amide bonds. The lowest BCUT2D eigenvalue weighted by atomic mass is 9.67. The number of nitrogens with two attached hydrogens (primary N) is 1. The number of hydrogen-bond acceptors (Lipinski definition) is 9. The number of aromatic nitrogens is 2. The van der Waals surface area contributed by atoms with Gasteiger partial charge in [-0.25, -0.2) is 19.4 Å². The van der Waals surface area contributed by atoms with Gasteiger partial charge in [-0.2, -0.15) is 0 Å². The molecule has 0 bridgehead atoms. The van der Waals surface area contributed by atoms with Gasteiger partial charge in [-0.05, 0) is 36.3 Å². The van der Waals surface area contributed by atoms with Crippen LogP contribution in [0.15, 0.2) is 77.8 Å². The molecule has 5 N–H and O–H groups in total. The van der Waals surface area contributed by atoms with E-state index in [2.05, 4.69) is 34.4 Å². The van der Waals surface area contributed by atoms with E-state index in [1.807, 2.05) is 66.0 Å². The van der Waals surface area contributed by atoms with Crippen LogP contribution in [0, 0.1) is 11.8 Å². The molecule has 2 heterocycles. The Morgan fingerprint density at radius 3 is 2.16 bits per heavy atom. The first kappa shape index (κ1) is 38.5. The molecule has 0 aliphatic rings. The lowest BCUT2D eigenvalue weighted by molar-refractivity contribution is -0.150. The fraction of sp³-hybridized carbons (Fsp3) is 0.432. The van der Waals surface area contributed by atoms with E-state index in [-0.39, 0.29) is 31.9 Å². The third-order valence-electron chi connectivity index (χ3n) is 8.79. The van der Waals surface area contributed by atoms with Gasteiger partial charge in [0.05, 0.1) is 27.6 Å². The third-order valence-corrected chi connectivity index (χ3v) is 10.7. The van der Waals surface area contributed by atoms with E-state index >= 15 is 0 Å². The second-order valence-electron chi connectivity index (χ2n) is 13.2. The predicted octanol–water partition coefficient (Wildman–Crippen LogP) is 6.46. The van der Waals surface area contributed by atoms with Crippen LogP contribution in [0.25, 0.3) is 0 Å². The van der Waals surface area contributed by atoms with Gasteiger partial charge >= 0.3 is 18.1 Å². The fourth-order valence-corrected chi connectivity index (χ4v) is 7.50. The molecule has 0 spiro atoms. The Bertz CT molecular complexity index is 1650. The first-order chi connectivity index (χ1) is 23.9. The largest absolute Gasteiger partial charge is 0.479 e. The van der Waals surface area contributed by atoms with E-state index in [1.165, 1.54) is 27.6 Å². The van der Waals surface area contributed by atoms with Crippen molar-refractivity contribution in [2.75, 3.05) is 7.05 Å². The summed E-state index contributed by atoms with van der Waals surface area (Å²) in [6, 6.07) is 17.3. The molecule has 0 fully saturated rings. The minimum Gasteiger partial charge on any atom is -0.479 e. The van der Waals surface area contributed by atoms with E-state index in [4.69, 9.17) is 10.5 Å². The number of nitrogens with one attached hydrogen (secondary N) is 2. The number of urea groups is 1. The number of benzene rings is 2. The van der Waals surface area contributed by atoms with Crippen molar-refractivity contribution in [1.82, 2.24) is 25.5 Å². The van der Waals surface area contributed by atoms with Gasteiger partial charge in [0.1, 0.15) is 12.1 Å². The molecular weight excluding hydrogens is 673 g/mol.